The van der Waals surface area contributed by atoms with E-state index in [1.54, 1.807) is 17.8 Å². The number of ketones is 1. The molecule has 2 aromatic heterocycles. The second-order valence-corrected chi connectivity index (χ2v) is 7.51. The van der Waals surface area contributed by atoms with E-state index in [0.29, 0.717) is 29.5 Å². The number of aromatic nitrogens is 4. The van der Waals surface area contributed by atoms with Crippen molar-refractivity contribution in [2.75, 3.05) is 19.5 Å². The summed E-state index contributed by atoms with van der Waals surface area (Å²) in [6.45, 7) is 2.73. The van der Waals surface area contributed by atoms with Gasteiger partial charge in [0.1, 0.15) is 0 Å². The third-order valence-corrected chi connectivity index (χ3v) is 5.57. The van der Waals surface area contributed by atoms with E-state index in [9.17, 15) is 4.79 Å². The summed E-state index contributed by atoms with van der Waals surface area (Å²) in [4.78, 5) is 21.5. The highest BCUT2D eigenvalue weighted by Crippen LogP contribution is 2.34. The molecule has 3 aromatic rings. The number of fused-ring (bicyclic) bond motifs is 3. The second kappa shape index (κ2) is 7.17. The Morgan fingerprint density at radius 2 is 2.15 bits per heavy atom. The maximum absolute atomic E-state index is 12.7. The molecule has 1 atom stereocenters. The van der Waals surface area contributed by atoms with Gasteiger partial charge in [0.15, 0.2) is 5.78 Å². The molecule has 1 unspecified atom stereocenters. The minimum absolute atomic E-state index is 0.123. The number of carbonyl (C=O) groups is 1. The van der Waals surface area contributed by atoms with Gasteiger partial charge in [0.25, 0.3) is 5.78 Å². The highest BCUT2D eigenvalue weighted by Gasteiger charge is 2.30. The van der Waals surface area contributed by atoms with Crippen LogP contribution in [0, 0.1) is 6.92 Å². The number of carbonyl (C=O) groups excluding carboxylic acids is 1. The number of nitrogens with zero attached hydrogens (tertiary/aromatic N) is 4. The average molecular weight is 368 g/mol. The molecule has 0 amide bonds. The monoisotopic (exact) mass is 368 g/mol. The molecule has 0 spiro atoms. The first-order valence-corrected chi connectivity index (χ1v) is 9.61. The molecule has 1 aliphatic carbocycles. The van der Waals surface area contributed by atoms with E-state index in [1.165, 1.54) is 22.9 Å². The Hall–Kier alpha value is -2.25. The van der Waals surface area contributed by atoms with Gasteiger partial charge in [0.05, 0.1) is 17.9 Å². The normalized spacial score (nSPS) is 16.8. The fourth-order valence-electron chi connectivity index (χ4n) is 3.47. The molecule has 4 rings (SSSR count). The van der Waals surface area contributed by atoms with Crippen LogP contribution in [0.1, 0.15) is 39.5 Å². The van der Waals surface area contributed by atoms with Crippen LogP contribution in [0.3, 0.4) is 0 Å². The lowest BCUT2D eigenvalue weighted by molar-refractivity contribution is 0.0962. The van der Waals surface area contributed by atoms with Crippen molar-refractivity contribution in [2.24, 2.45) is 0 Å². The second-order valence-electron chi connectivity index (χ2n) is 6.45. The van der Waals surface area contributed by atoms with Crippen LogP contribution in [0.2, 0.25) is 0 Å². The van der Waals surface area contributed by atoms with Crippen LogP contribution in [0.15, 0.2) is 35.6 Å². The van der Waals surface area contributed by atoms with E-state index in [-0.39, 0.29) is 11.7 Å². The molecule has 0 radical (unpaired) electrons. The lowest BCUT2D eigenvalue weighted by Crippen LogP contribution is -2.23. The van der Waals surface area contributed by atoms with Gasteiger partial charge < -0.3 is 4.74 Å². The highest BCUT2D eigenvalue weighted by atomic mass is 32.2. The summed E-state index contributed by atoms with van der Waals surface area (Å²) < 4.78 is 6.82. The van der Waals surface area contributed by atoms with Crippen LogP contribution >= 0.6 is 11.8 Å². The molecule has 2 heterocycles. The predicted octanol–water partition coefficient (Wildman–Crippen LogP) is 3.08. The van der Waals surface area contributed by atoms with E-state index in [1.807, 2.05) is 12.1 Å². The van der Waals surface area contributed by atoms with Gasteiger partial charge in [0.2, 0.25) is 5.16 Å². The van der Waals surface area contributed by atoms with Crippen molar-refractivity contribution >= 4 is 23.3 Å². The topological polar surface area (TPSA) is 69.4 Å². The first-order valence-electron chi connectivity index (χ1n) is 8.62. The van der Waals surface area contributed by atoms with Crippen LogP contribution in [-0.4, -0.2) is 44.8 Å². The van der Waals surface area contributed by atoms with E-state index in [4.69, 9.17) is 4.74 Å². The van der Waals surface area contributed by atoms with E-state index in [2.05, 4.69) is 34.1 Å². The summed E-state index contributed by atoms with van der Waals surface area (Å²) in [5.74, 6) is 1.61. The number of rotatable bonds is 5. The lowest BCUT2D eigenvalue weighted by atomic mass is 9.80. The largest absolute Gasteiger partial charge is 0.384 e. The fraction of sp³-hybridized carbons (Fsp3) is 0.368. The number of hydrogen-bond acceptors (Lipinski definition) is 6. The Morgan fingerprint density at radius 1 is 1.31 bits per heavy atom. The van der Waals surface area contributed by atoms with Crippen molar-refractivity contribution in [1.82, 2.24) is 19.6 Å². The van der Waals surface area contributed by atoms with Crippen molar-refractivity contribution in [2.45, 2.75) is 30.8 Å². The Labute approximate surface area is 156 Å². The molecule has 26 heavy (non-hydrogen) atoms. The van der Waals surface area contributed by atoms with Gasteiger partial charge in [0, 0.05) is 25.5 Å². The zero-order valence-electron chi connectivity index (χ0n) is 14.8. The molecule has 0 saturated heterocycles. The number of aryl methyl sites for hydroxylation is 1. The zero-order chi connectivity index (χ0) is 18.1. The smallest absolute Gasteiger partial charge is 0.253 e. The van der Waals surface area contributed by atoms with E-state index in [0.717, 1.165) is 17.9 Å². The van der Waals surface area contributed by atoms with Crippen LogP contribution in [-0.2, 0) is 11.2 Å². The first-order chi connectivity index (χ1) is 12.7. The number of ether oxygens (including phenoxy) is 1. The lowest BCUT2D eigenvalue weighted by Gasteiger charge is -2.25. The molecule has 0 fully saturated rings. The molecule has 1 aromatic carbocycles. The quantitative estimate of drug-likeness (QED) is 0.509. The summed E-state index contributed by atoms with van der Waals surface area (Å²) in [5, 5.41) is 5.24. The molecule has 0 saturated carbocycles. The summed E-state index contributed by atoms with van der Waals surface area (Å²) in [7, 11) is 1.67. The van der Waals surface area contributed by atoms with Crippen molar-refractivity contribution < 1.29 is 9.53 Å². The summed E-state index contributed by atoms with van der Waals surface area (Å²) in [5.41, 5.74) is 4.02. The minimum atomic E-state index is 0.123. The maximum atomic E-state index is 12.7. The summed E-state index contributed by atoms with van der Waals surface area (Å²) >= 11 is 1.53. The third-order valence-electron chi connectivity index (χ3n) is 4.77. The Morgan fingerprint density at radius 3 is 2.96 bits per heavy atom. The van der Waals surface area contributed by atoms with E-state index >= 15 is 0 Å². The van der Waals surface area contributed by atoms with Crippen molar-refractivity contribution in [3.63, 3.8) is 0 Å². The minimum Gasteiger partial charge on any atom is -0.384 e. The molecule has 1 aliphatic rings. The van der Waals surface area contributed by atoms with Gasteiger partial charge in [-0.25, -0.2) is 4.98 Å². The number of methoxy groups -OCH3 is 1. The molecule has 0 bridgehead atoms. The Kier molecular flexibility index (Phi) is 4.74. The standard InChI is InChI=1S/C19H20N4O2S/c1-12-5-3-4-6-14(12)13-9-16-15(17(24)10-13)11-20-18-21-19(22-23(16)18)26-8-7-25-2/h3-6,11,13H,7-10H2,1-2H3. The van der Waals surface area contributed by atoms with Gasteiger partial charge in [-0.05, 0) is 30.4 Å². The van der Waals surface area contributed by atoms with Crippen LogP contribution in [0.25, 0.3) is 5.78 Å². The molecule has 0 aliphatic heterocycles. The molecule has 6 nitrogen and oxygen atoms in total. The third kappa shape index (κ3) is 3.12. The van der Waals surface area contributed by atoms with Crippen LogP contribution in [0.4, 0.5) is 0 Å². The van der Waals surface area contributed by atoms with Crippen molar-refractivity contribution in [3.8, 4) is 0 Å². The highest BCUT2D eigenvalue weighted by molar-refractivity contribution is 7.99. The van der Waals surface area contributed by atoms with Crippen LogP contribution < -0.4 is 0 Å². The van der Waals surface area contributed by atoms with Gasteiger partial charge >= 0.3 is 0 Å². The number of Topliss-reactive ketones (excluding diaryl/α,β-unsaturated/α-hetero) is 1. The predicted molar refractivity (Wildman–Crippen MR) is 100.0 cm³/mol. The average Bonchev–Trinajstić information content (AvgIpc) is 3.05. The number of hydrogen-bond donors (Lipinski definition) is 0. The summed E-state index contributed by atoms with van der Waals surface area (Å²) in [6.07, 6.45) is 2.92. The maximum Gasteiger partial charge on any atom is 0.253 e. The van der Waals surface area contributed by atoms with Gasteiger partial charge in [-0.1, -0.05) is 36.0 Å². The van der Waals surface area contributed by atoms with Gasteiger partial charge in [-0.2, -0.15) is 9.50 Å². The zero-order valence-corrected chi connectivity index (χ0v) is 15.6. The van der Waals surface area contributed by atoms with Gasteiger partial charge in [-0.3, -0.25) is 4.79 Å². The summed E-state index contributed by atoms with van der Waals surface area (Å²) in [6, 6.07) is 8.27. The molecule has 134 valence electrons. The number of benzene rings is 1. The molecule has 7 heteroatoms. The van der Waals surface area contributed by atoms with Crippen molar-refractivity contribution in [3.05, 3.63) is 52.8 Å². The van der Waals surface area contributed by atoms with Crippen LogP contribution in [0.5, 0.6) is 0 Å². The molecular weight excluding hydrogens is 348 g/mol. The SMILES string of the molecule is COCCSc1nc2ncc3c(n2n1)CC(c1ccccc1C)CC3=O. The fourth-order valence-corrected chi connectivity index (χ4v) is 4.19. The first kappa shape index (κ1) is 17.2. The number of thioether (sulfide) groups is 1. The van der Waals surface area contributed by atoms with Gasteiger partial charge in [-0.15, -0.1) is 5.10 Å². The van der Waals surface area contributed by atoms with E-state index < -0.39 is 0 Å². The Bertz CT molecular complexity index is 969. The Balaban J connectivity index is 1.71. The molecular formula is C19H20N4O2S. The molecule has 0 N–H and O–H groups in total. The van der Waals surface area contributed by atoms with Crippen molar-refractivity contribution in [1.29, 1.82) is 0 Å².